The van der Waals surface area contributed by atoms with E-state index in [1.54, 1.807) is 30.3 Å². The highest BCUT2D eigenvalue weighted by molar-refractivity contribution is 5.95. The number of rotatable bonds is 4. The van der Waals surface area contributed by atoms with Crippen molar-refractivity contribution in [3.63, 3.8) is 0 Å². The van der Waals surface area contributed by atoms with E-state index in [2.05, 4.69) is 5.32 Å². The van der Waals surface area contributed by atoms with Crippen LogP contribution >= 0.6 is 0 Å². The van der Waals surface area contributed by atoms with Crippen molar-refractivity contribution in [1.29, 1.82) is 0 Å². The molecule has 0 bridgehead atoms. The predicted molar refractivity (Wildman–Crippen MR) is 79.3 cm³/mol. The Kier molecular flexibility index (Phi) is 4.08. The van der Waals surface area contributed by atoms with E-state index < -0.39 is 5.91 Å². The Balaban J connectivity index is 2.26. The first kappa shape index (κ1) is 14.4. The highest BCUT2D eigenvalue weighted by Gasteiger charge is 2.09. The van der Waals surface area contributed by atoms with Gasteiger partial charge in [0.2, 0.25) is 5.91 Å². The van der Waals surface area contributed by atoms with Gasteiger partial charge in [-0.1, -0.05) is 6.07 Å². The number of hydrogen-bond donors (Lipinski definition) is 3. The Bertz CT molecular complexity index is 698. The molecule has 0 aliphatic heterocycles. The number of hydrogen-bond acceptors (Lipinski definition) is 4. The summed E-state index contributed by atoms with van der Waals surface area (Å²) in [6, 6.07) is 11.2. The first-order valence-corrected chi connectivity index (χ1v) is 6.20. The third-order valence-corrected chi connectivity index (χ3v) is 2.85. The Morgan fingerprint density at radius 1 is 1.10 bits per heavy atom. The maximum absolute atomic E-state index is 11.5. The van der Waals surface area contributed by atoms with E-state index in [4.69, 9.17) is 16.2 Å². The summed E-state index contributed by atoms with van der Waals surface area (Å²) in [7, 11) is 1.54. The van der Waals surface area contributed by atoms with Gasteiger partial charge < -0.3 is 21.5 Å². The van der Waals surface area contributed by atoms with Gasteiger partial charge in [-0.25, -0.2) is 0 Å². The highest BCUT2D eigenvalue weighted by Crippen LogP contribution is 2.28. The van der Waals surface area contributed by atoms with Crippen LogP contribution in [0.15, 0.2) is 42.5 Å². The van der Waals surface area contributed by atoms with Crippen molar-refractivity contribution in [3.05, 3.63) is 53.6 Å². The summed E-state index contributed by atoms with van der Waals surface area (Å²) >= 11 is 0. The van der Waals surface area contributed by atoms with Crippen molar-refractivity contribution in [2.45, 2.75) is 0 Å². The lowest BCUT2D eigenvalue weighted by Crippen LogP contribution is -2.17. The first-order valence-electron chi connectivity index (χ1n) is 6.20. The third kappa shape index (κ3) is 3.30. The summed E-state index contributed by atoms with van der Waals surface area (Å²) in [6.07, 6.45) is 0. The van der Waals surface area contributed by atoms with Crippen LogP contribution in [0.5, 0.6) is 11.5 Å². The molecule has 0 aromatic heterocycles. The molecule has 6 nitrogen and oxygen atoms in total. The predicted octanol–water partition coefficient (Wildman–Crippen LogP) is 1.52. The number of carbonyl (C=O) groups excluding carboxylic acids is 2. The van der Waals surface area contributed by atoms with E-state index in [1.807, 2.05) is 0 Å². The molecule has 0 unspecified atom stereocenters. The lowest BCUT2D eigenvalue weighted by Gasteiger charge is -2.10. The minimum atomic E-state index is -0.539. The number of anilines is 1. The molecule has 108 valence electrons. The van der Waals surface area contributed by atoms with Crippen LogP contribution in [0.1, 0.15) is 20.7 Å². The van der Waals surface area contributed by atoms with Crippen LogP contribution in [0.3, 0.4) is 0 Å². The summed E-state index contributed by atoms with van der Waals surface area (Å²) in [6.45, 7) is 0. The fourth-order valence-corrected chi connectivity index (χ4v) is 1.77. The molecule has 0 aliphatic carbocycles. The topological polar surface area (TPSA) is 107 Å². The minimum Gasteiger partial charge on any atom is -0.455 e. The molecule has 0 saturated carbocycles. The lowest BCUT2D eigenvalue weighted by atomic mass is 10.1. The van der Waals surface area contributed by atoms with Crippen LogP contribution in [0.2, 0.25) is 0 Å². The molecule has 6 heteroatoms. The zero-order chi connectivity index (χ0) is 15.4. The second-order valence-electron chi connectivity index (χ2n) is 4.33. The van der Waals surface area contributed by atoms with Gasteiger partial charge in [0.15, 0.2) is 0 Å². The van der Waals surface area contributed by atoms with E-state index in [0.29, 0.717) is 28.3 Å². The molecule has 0 aliphatic rings. The van der Waals surface area contributed by atoms with E-state index in [1.165, 1.54) is 19.2 Å². The van der Waals surface area contributed by atoms with Crippen molar-refractivity contribution in [2.75, 3.05) is 12.8 Å². The monoisotopic (exact) mass is 285 g/mol. The van der Waals surface area contributed by atoms with E-state index >= 15 is 0 Å². The van der Waals surface area contributed by atoms with Gasteiger partial charge in [0.05, 0.1) is 5.69 Å². The second kappa shape index (κ2) is 5.96. The van der Waals surface area contributed by atoms with E-state index in [9.17, 15) is 9.59 Å². The van der Waals surface area contributed by atoms with Crippen LogP contribution in [-0.4, -0.2) is 18.9 Å². The summed E-state index contributed by atoms with van der Waals surface area (Å²) in [4.78, 5) is 22.6. The number of ether oxygens (including phenoxy) is 1. The average molecular weight is 285 g/mol. The van der Waals surface area contributed by atoms with Gasteiger partial charge >= 0.3 is 0 Å². The third-order valence-electron chi connectivity index (χ3n) is 2.85. The van der Waals surface area contributed by atoms with Gasteiger partial charge in [-0.15, -0.1) is 0 Å². The fraction of sp³-hybridized carbons (Fsp3) is 0.0667. The molecule has 21 heavy (non-hydrogen) atoms. The number of carbonyl (C=O) groups is 2. The van der Waals surface area contributed by atoms with Gasteiger partial charge in [-0.05, 0) is 36.4 Å². The van der Waals surface area contributed by atoms with Crippen molar-refractivity contribution < 1.29 is 14.3 Å². The molecular weight excluding hydrogens is 270 g/mol. The molecule has 2 aromatic carbocycles. The average Bonchev–Trinajstić information content (AvgIpc) is 2.48. The molecule has 0 heterocycles. The van der Waals surface area contributed by atoms with Crippen LogP contribution in [0, 0.1) is 0 Å². The smallest absolute Gasteiger partial charge is 0.251 e. The molecule has 0 radical (unpaired) electrons. The van der Waals surface area contributed by atoms with Crippen LogP contribution < -0.4 is 21.5 Å². The molecule has 5 N–H and O–H groups in total. The minimum absolute atomic E-state index is 0.232. The molecule has 2 rings (SSSR count). The molecule has 0 atom stereocenters. The van der Waals surface area contributed by atoms with Crippen LogP contribution in [0.4, 0.5) is 5.69 Å². The zero-order valence-corrected chi connectivity index (χ0v) is 11.4. The summed E-state index contributed by atoms with van der Waals surface area (Å²) in [5.74, 6) is 0.0577. The maximum Gasteiger partial charge on any atom is 0.251 e. The van der Waals surface area contributed by atoms with Gasteiger partial charge in [-0.2, -0.15) is 0 Å². The standard InChI is InChI=1S/C15H15N3O3/c1-18-15(20)10-5-6-13(12(16)8-10)21-11-4-2-3-9(7-11)14(17)19/h2-8H,16H2,1H3,(H2,17,19)(H,18,20). The molecule has 2 amide bonds. The van der Waals surface area contributed by atoms with Crippen molar-refractivity contribution in [2.24, 2.45) is 5.73 Å². The fourth-order valence-electron chi connectivity index (χ4n) is 1.77. The molecule has 0 spiro atoms. The largest absolute Gasteiger partial charge is 0.455 e. The zero-order valence-electron chi connectivity index (χ0n) is 11.4. The number of benzene rings is 2. The SMILES string of the molecule is CNC(=O)c1ccc(Oc2cccc(C(N)=O)c2)c(N)c1. The number of nitrogens with two attached hydrogens (primary N) is 2. The highest BCUT2D eigenvalue weighted by atomic mass is 16.5. The maximum atomic E-state index is 11.5. The number of nitrogen functional groups attached to an aromatic ring is 1. The van der Waals surface area contributed by atoms with Gasteiger partial charge in [0.1, 0.15) is 11.5 Å². The van der Waals surface area contributed by atoms with E-state index in [0.717, 1.165) is 0 Å². The second-order valence-corrected chi connectivity index (χ2v) is 4.33. The summed E-state index contributed by atoms with van der Waals surface area (Å²) < 4.78 is 5.60. The van der Waals surface area contributed by atoms with Gasteiger partial charge in [0, 0.05) is 18.2 Å². The molecule has 2 aromatic rings. The number of primary amides is 1. The lowest BCUT2D eigenvalue weighted by molar-refractivity contribution is 0.0961. The van der Waals surface area contributed by atoms with Gasteiger partial charge in [-0.3, -0.25) is 9.59 Å². The van der Waals surface area contributed by atoms with Crippen LogP contribution in [0.25, 0.3) is 0 Å². The first-order chi connectivity index (χ1) is 10.0. The molecule has 0 saturated heterocycles. The molecular formula is C15H15N3O3. The van der Waals surface area contributed by atoms with E-state index in [-0.39, 0.29) is 5.91 Å². The number of nitrogens with one attached hydrogen (secondary N) is 1. The summed E-state index contributed by atoms with van der Waals surface area (Å²) in [5.41, 5.74) is 12.2. The Hall–Kier alpha value is -3.02. The van der Waals surface area contributed by atoms with Crippen molar-refractivity contribution in [3.8, 4) is 11.5 Å². The normalized spacial score (nSPS) is 9.95. The Morgan fingerprint density at radius 2 is 1.86 bits per heavy atom. The summed E-state index contributed by atoms with van der Waals surface area (Å²) in [5, 5.41) is 2.51. The Labute approximate surface area is 121 Å². The quantitative estimate of drug-likeness (QED) is 0.740. The molecule has 0 fully saturated rings. The van der Waals surface area contributed by atoms with Crippen LogP contribution in [-0.2, 0) is 0 Å². The number of amides is 2. The van der Waals surface area contributed by atoms with Crippen molar-refractivity contribution >= 4 is 17.5 Å². The van der Waals surface area contributed by atoms with Crippen molar-refractivity contribution in [1.82, 2.24) is 5.32 Å². The Morgan fingerprint density at radius 3 is 2.48 bits per heavy atom. The van der Waals surface area contributed by atoms with Gasteiger partial charge in [0.25, 0.3) is 5.91 Å².